The van der Waals surface area contributed by atoms with Crippen LogP contribution in [0.2, 0.25) is 0 Å². The molecule has 0 saturated carbocycles. The summed E-state index contributed by atoms with van der Waals surface area (Å²) in [7, 11) is 0. The Balaban J connectivity index is 1.33. The van der Waals surface area contributed by atoms with Crippen molar-refractivity contribution in [2.24, 2.45) is 5.92 Å². The lowest BCUT2D eigenvalue weighted by atomic mass is 9.90. The van der Waals surface area contributed by atoms with Gasteiger partial charge in [-0.3, -0.25) is 4.79 Å². The predicted octanol–water partition coefficient (Wildman–Crippen LogP) is 0.819. The molecule has 2 heterocycles. The fraction of sp³-hybridized carbons (Fsp3) is 0.632. The molecule has 1 atom stereocenters. The fourth-order valence-electron chi connectivity index (χ4n) is 3.74. The molecule has 126 valence electrons. The van der Waals surface area contributed by atoms with Crippen molar-refractivity contribution >= 4 is 5.91 Å². The Bertz CT molecular complexity index is 477. The molecule has 2 N–H and O–H groups in total. The molecule has 0 radical (unpaired) electrons. The minimum absolute atomic E-state index is 0.178. The van der Waals surface area contributed by atoms with Crippen molar-refractivity contribution in [3.05, 3.63) is 35.9 Å². The van der Waals surface area contributed by atoms with Crippen molar-refractivity contribution in [1.29, 1.82) is 0 Å². The number of carbonyl (C=O) groups excluding carboxylic acids is 1. The maximum absolute atomic E-state index is 12.1. The molecule has 4 heteroatoms. The van der Waals surface area contributed by atoms with E-state index in [1.165, 1.54) is 29.7 Å². The lowest BCUT2D eigenvalue weighted by Crippen LogP contribution is -3.14. The number of piperidine rings is 1. The van der Waals surface area contributed by atoms with Gasteiger partial charge in [-0.25, -0.2) is 0 Å². The number of nitrogens with one attached hydrogen (secondary N) is 2. The van der Waals surface area contributed by atoms with Crippen molar-refractivity contribution < 1.29 is 14.4 Å². The molecule has 3 rings (SSSR count). The van der Waals surface area contributed by atoms with Gasteiger partial charge in [-0.05, 0) is 43.6 Å². The van der Waals surface area contributed by atoms with E-state index >= 15 is 0 Å². The summed E-state index contributed by atoms with van der Waals surface area (Å²) in [6.45, 7) is 4.38. The zero-order valence-electron chi connectivity index (χ0n) is 13.9. The van der Waals surface area contributed by atoms with Crippen LogP contribution >= 0.6 is 0 Å². The third kappa shape index (κ3) is 5.33. The maximum atomic E-state index is 12.1. The zero-order chi connectivity index (χ0) is 15.9. The molecule has 23 heavy (non-hydrogen) atoms. The average molecular weight is 317 g/mol. The molecule has 1 amide bonds. The van der Waals surface area contributed by atoms with E-state index in [2.05, 4.69) is 35.6 Å². The van der Waals surface area contributed by atoms with Crippen LogP contribution in [-0.2, 0) is 16.0 Å². The minimum atomic E-state index is 0.178. The highest BCUT2D eigenvalue weighted by Crippen LogP contribution is 2.16. The Hall–Kier alpha value is -1.39. The van der Waals surface area contributed by atoms with Gasteiger partial charge in [0.15, 0.2) is 6.54 Å². The van der Waals surface area contributed by atoms with Crippen LogP contribution in [0.1, 0.15) is 31.2 Å². The highest BCUT2D eigenvalue weighted by molar-refractivity contribution is 5.76. The third-order valence-electron chi connectivity index (χ3n) is 5.14. The Kier molecular flexibility index (Phi) is 6.06. The Labute approximate surface area is 139 Å². The van der Waals surface area contributed by atoms with Gasteiger partial charge < -0.3 is 15.0 Å². The number of likely N-dealkylation sites (tertiary alicyclic amines) is 1. The smallest absolute Gasteiger partial charge is 0.275 e. The number of benzene rings is 1. The van der Waals surface area contributed by atoms with E-state index in [0.29, 0.717) is 13.1 Å². The van der Waals surface area contributed by atoms with Crippen molar-refractivity contribution in [3.8, 4) is 0 Å². The van der Waals surface area contributed by atoms with E-state index < -0.39 is 0 Å². The second kappa shape index (κ2) is 8.46. The molecule has 2 saturated heterocycles. The maximum Gasteiger partial charge on any atom is 0.275 e. The molecule has 0 aliphatic carbocycles. The first-order chi connectivity index (χ1) is 11.3. The number of quaternary nitrogens is 1. The zero-order valence-corrected chi connectivity index (χ0v) is 13.9. The fourth-order valence-corrected chi connectivity index (χ4v) is 3.74. The van der Waals surface area contributed by atoms with Crippen LogP contribution in [0.5, 0.6) is 0 Å². The Morgan fingerprint density at radius 1 is 1.17 bits per heavy atom. The second-order valence-corrected chi connectivity index (χ2v) is 7.00. The predicted molar refractivity (Wildman–Crippen MR) is 90.4 cm³/mol. The summed E-state index contributed by atoms with van der Waals surface area (Å²) in [5, 5.41) is 3.04. The van der Waals surface area contributed by atoms with Crippen molar-refractivity contribution in [3.63, 3.8) is 0 Å². The lowest BCUT2D eigenvalue weighted by Gasteiger charge is -2.29. The average Bonchev–Trinajstić information content (AvgIpc) is 3.09. The van der Waals surface area contributed by atoms with Gasteiger partial charge in [0.05, 0.1) is 19.2 Å². The van der Waals surface area contributed by atoms with E-state index in [9.17, 15) is 4.79 Å². The van der Waals surface area contributed by atoms with Gasteiger partial charge in [0.1, 0.15) is 0 Å². The first-order valence-electron chi connectivity index (χ1n) is 9.05. The molecule has 4 nitrogen and oxygen atoms in total. The van der Waals surface area contributed by atoms with Gasteiger partial charge in [0.25, 0.3) is 5.91 Å². The SMILES string of the molecule is O=C(C[NH+]1CCC(Cc2ccccc2)CC1)NC[C@H]1CCCO1. The van der Waals surface area contributed by atoms with Gasteiger partial charge >= 0.3 is 0 Å². The third-order valence-corrected chi connectivity index (χ3v) is 5.14. The van der Waals surface area contributed by atoms with Crippen LogP contribution in [0.25, 0.3) is 0 Å². The Morgan fingerprint density at radius 2 is 1.96 bits per heavy atom. The van der Waals surface area contributed by atoms with Crippen LogP contribution in [0.3, 0.4) is 0 Å². The second-order valence-electron chi connectivity index (χ2n) is 7.00. The monoisotopic (exact) mass is 317 g/mol. The molecule has 0 aromatic heterocycles. The minimum Gasteiger partial charge on any atom is -0.376 e. The first-order valence-corrected chi connectivity index (χ1v) is 9.05. The van der Waals surface area contributed by atoms with E-state index in [1.807, 2.05) is 0 Å². The molecule has 2 fully saturated rings. The van der Waals surface area contributed by atoms with E-state index in [1.54, 1.807) is 0 Å². The van der Waals surface area contributed by atoms with Crippen LogP contribution in [0.15, 0.2) is 30.3 Å². The summed E-state index contributed by atoms with van der Waals surface area (Å²) in [6.07, 6.45) is 6.08. The molecule has 1 aromatic carbocycles. The van der Waals surface area contributed by atoms with Gasteiger partial charge in [-0.1, -0.05) is 30.3 Å². The number of amides is 1. The number of hydrogen-bond donors (Lipinski definition) is 2. The van der Waals surface area contributed by atoms with Crippen LogP contribution in [-0.4, -0.2) is 44.8 Å². The summed E-state index contributed by atoms with van der Waals surface area (Å²) in [5.41, 5.74) is 1.44. The summed E-state index contributed by atoms with van der Waals surface area (Å²) < 4.78 is 5.54. The normalized spacial score (nSPS) is 27.7. The topological polar surface area (TPSA) is 42.8 Å². The van der Waals surface area contributed by atoms with Crippen LogP contribution in [0, 0.1) is 5.92 Å². The van der Waals surface area contributed by atoms with Crippen molar-refractivity contribution in [2.75, 3.05) is 32.8 Å². The van der Waals surface area contributed by atoms with E-state index in [4.69, 9.17) is 4.74 Å². The van der Waals surface area contributed by atoms with Crippen LogP contribution < -0.4 is 10.2 Å². The van der Waals surface area contributed by atoms with Gasteiger partial charge in [0.2, 0.25) is 0 Å². The summed E-state index contributed by atoms with van der Waals surface area (Å²) in [6, 6.07) is 10.8. The number of carbonyl (C=O) groups is 1. The number of hydrogen-bond acceptors (Lipinski definition) is 2. The highest BCUT2D eigenvalue weighted by atomic mass is 16.5. The molecule has 0 bridgehead atoms. The lowest BCUT2D eigenvalue weighted by molar-refractivity contribution is -0.898. The number of rotatable bonds is 6. The molecule has 0 unspecified atom stereocenters. The van der Waals surface area contributed by atoms with Crippen LogP contribution in [0.4, 0.5) is 0 Å². The quantitative estimate of drug-likeness (QED) is 0.816. The largest absolute Gasteiger partial charge is 0.376 e. The van der Waals surface area contributed by atoms with E-state index in [0.717, 1.165) is 38.5 Å². The van der Waals surface area contributed by atoms with Gasteiger partial charge in [-0.2, -0.15) is 0 Å². The van der Waals surface area contributed by atoms with Crippen molar-refractivity contribution in [2.45, 2.75) is 38.2 Å². The summed E-state index contributed by atoms with van der Waals surface area (Å²) in [5.74, 6) is 0.952. The van der Waals surface area contributed by atoms with E-state index in [-0.39, 0.29) is 12.0 Å². The Morgan fingerprint density at radius 3 is 2.65 bits per heavy atom. The molecule has 2 aliphatic heterocycles. The van der Waals surface area contributed by atoms with Crippen molar-refractivity contribution in [1.82, 2.24) is 5.32 Å². The highest BCUT2D eigenvalue weighted by Gasteiger charge is 2.24. The molecule has 0 spiro atoms. The first kappa shape index (κ1) is 16.5. The van der Waals surface area contributed by atoms with Gasteiger partial charge in [-0.15, -0.1) is 0 Å². The standard InChI is InChI=1S/C19H28N2O2/c22-19(20-14-18-7-4-12-23-18)15-21-10-8-17(9-11-21)13-16-5-2-1-3-6-16/h1-3,5-6,17-18H,4,7-15H2,(H,20,22)/p+1/t18-/m1/s1. The van der Waals surface area contributed by atoms with Gasteiger partial charge in [0, 0.05) is 13.2 Å². The molecule has 1 aromatic rings. The summed E-state index contributed by atoms with van der Waals surface area (Å²) >= 11 is 0. The molecule has 2 aliphatic rings. The molecular weight excluding hydrogens is 288 g/mol. The summed E-state index contributed by atoms with van der Waals surface area (Å²) in [4.78, 5) is 13.5. The number of ether oxygens (including phenoxy) is 1. The molecular formula is C19H29N2O2+.